The van der Waals surface area contributed by atoms with Crippen LogP contribution < -0.4 is 9.47 Å². The fourth-order valence-corrected chi connectivity index (χ4v) is 2.62. The second kappa shape index (κ2) is 7.71. The quantitative estimate of drug-likeness (QED) is 0.452. The summed E-state index contributed by atoms with van der Waals surface area (Å²) in [5.74, 6) is 1.10. The van der Waals surface area contributed by atoms with Gasteiger partial charge >= 0.3 is 0 Å². The van der Waals surface area contributed by atoms with Gasteiger partial charge in [-0.25, -0.2) is 0 Å². The van der Waals surface area contributed by atoms with Gasteiger partial charge in [0, 0.05) is 0 Å². The van der Waals surface area contributed by atoms with Gasteiger partial charge in [-0.2, -0.15) is 0 Å². The number of ketones is 1. The molecule has 0 aliphatic heterocycles. The zero-order chi connectivity index (χ0) is 15.9. The minimum Gasteiger partial charge on any atom is -0.496 e. The minimum atomic E-state index is -0.119. The van der Waals surface area contributed by atoms with Gasteiger partial charge in [0.15, 0.2) is 5.78 Å². The SMILES string of the molecule is COc1cc(C(=O)/C=C/c2ccccc2)c(OC)cc1SC. The number of methoxy groups -OCH3 is 2. The maximum absolute atomic E-state index is 12.4. The molecular weight excluding hydrogens is 296 g/mol. The molecule has 2 aromatic rings. The van der Waals surface area contributed by atoms with Gasteiger partial charge in [-0.15, -0.1) is 11.8 Å². The lowest BCUT2D eigenvalue weighted by Gasteiger charge is -2.12. The molecule has 0 unspecified atom stereocenters. The molecule has 0 aliphatic carbocycles. The molecule has 0 N–H and O–H groups in total. The van der Waals surface area contributed by atoms with E-state index in [4.69, 9.17) is 9.47 Å². The lowest BCUT2D eigenvalue weighted by molar-refractivity contribution is 0.104. The van der Waals surface area contributed by atoms with Gasteiger partial charge in [-0.3, -0.25) is 4.79 Å². The highest BCUT2D eigenvalue weighted by Gasteiger charge is 2.15. The molecule has 0 saturated heterocycles. The van der Waals surface area contributed by atoms with E-state index in [-0.39, 0.29) is 5.78 Å². The monoisotopic (exact) mass is 314 g/mol. The lowest BCUT2D eigenvalue weighted by atomic mass is 10.1. The molecule has 0 radical (unpaired) electrons. The van der Waals surface area contributed by atoms with Crippen molar-refractivity contribution in [2.75, 3.05) is 20.5 Å². The molecule has 0 bridgehead atoms. The average molecular weight is 314 g/mol. The molecule has 0 saturated carbocycles. The van der Waals surface area contributed by atoms with Crippen LogP contribution in [0.1, 0.15) is 15.9 Å². The maximum Gasteiger partial charge on any atom is 0.189 e. The molecule has 114 valence electrons. The fraction of sp³-hybridized carbons (Fsp3) is 0.167. The molecule has 0 spiro atoms. The Morgan fingerprint density at radius 1 is 1.05 bits per heavy atom. The third kappa shape index (κ3) is 3.71. The van der Waals surface area contributed by atoms with Crippen LogP contribution in [0.3, 0.4) is 0 Å². The van der Waals surface area contributed by atoms with Crippen molar-refractivity contribution in [3.63, 3.8) is 0 Å². The molecular formula is C18H18O3S. The molecule has 22 heavy (non-hydrogen) atoms. The van der Waals surface area contributed by atoms with Crippen LogP contribution in [0.4, 0.5) is 0 Å². The smallest absolute Gasteiger partial charge is 0.189 e. The van der Waals surface area contributed by atoms with E-state index in [1.807, 2.05) is 42.7 Å². The highest BCUT2D eigenvalue weighted by atomic mass is 32.2. The Hall–Kier alpha value is -2.20. The van der Waals surface area contributed by atoms with E-state index in [1.165, 1.54) is 0 Å². The highest BCUT2D eigenvalue weighted by Crippen LogP contribution is 2.34. The van der Waals surface area contributed by atoms with Gasteiger partial charge in [0.1, 0.15) is 11.5 Å². The van der Waals surface area contributed by atoms with Gasteiger partial charge < -0.3 is 9.47 Å². The largest absolute Gasteiger partial charge is 0.496 e. The Bertz CT molecular complexity index is 678. The minimum absolute atomic E-state index is 0.119. The molecule has 0 atom stereocenters. The van der Waals surface area contributed by atoms with E-state index in [9.17, 15) is 4.79 Å². The van der Waals surface area contributed by atoms with Crippen molar-refractivity contribution in [3.05, 3.63) is 59.7 Å². The fourth-order valence-electron chi connectivity index (χ4n) is 2.05. The van der Waals surface area contributed by atoms with Gasteiger partial charge in [-0.05, 0) is 30.0 Å². The third-order valence-corrected chi connectivity index (χ3v) is 3.96. The number of thioether (sulfide) groups is 1. The second-order valence-electron chi connectivity index (χ2n) is 4.52. The van der Waals surface area contributed by atoms with Crippen LogP contribution in [0, 0.1) is 0 Å². The van der Waals surface area contributed by atoms with Crippen molar-refractivity contribution in [2.45, 2.75) is 4.90 Å². The molecule has 3 nitrogen and oxygen atoms in total. The van der Waals surface area contributed by atoms with Gasteiger partial charge in [0.2, 0.25) is 0 Å². The summed E-state index contributed by atoms with van der Waals surface area (Å²) in [6.07, 6.45) is 5.29. The number of hydrogen-bond acceptors (Lipinski definition) is 4. The molecule has 0 aromatic heterocycles. The summed E-state index contributed by atoms with van der Waals surface area (Å²) in [7, 11) is 3.15. The second-order valence-corrected chi connectivity index (χ2v) is 5.36. The standard InChI is InChI=1S/C18H18O3S/c1-20-16-12-18(22-3)17(21-2)11-14(16)15(19)10-9-13-7-5-4-6-8-13/h4-12H,1-3H3/b10-9+. The normalized spacial score (nSPS) is 10.7. The summed E-state index contributed by atoms with van der Waals surface area (Å²) in [4.78, 5) is 13.4. The van der Waals surface area contributed by atoms with Crippen LogP contribution in [0.25, 0.3) is 6.08 Å². The van der Waals surface area contributed by atoms with Crippen molar-refractivity contribution >= 4 is 23.6 Å². The number of allylic oxidation sites excluding steroid dienone is 1. The number of benzene rings is 2. The van der Waals surface area contributed by atoms with Crippen molar-refractivity contribution in [3.8, 4) is 11.5 Å². The number of hydrogen-bond donors (Lipinski definition) is 0. The molecule has 0 heterocycles. The van der Waals surface area contributed by atoms with Crippen LogP contribution in [0.5, 0.6) is 11.5 Å². The first-order valence-corrected chi connectivity index (χ1v) is 7.99. The predicted octanol–water partition coefficient (Wildman–Crippen LogP) is 4.32. The summed E-state index contributed by atoms with van der Waals surface area (Å²) in [5.41, 5.74) is 1.46. The summed E-state index contributed by atoms with van der Waals surface area (Å²) >= 11 is 1.55. The summed E-state index contributed by atoms with van der Waals surface area (Å²) in [6, 6.07) is 13.2. The third-order valence-electron chi connectivity index (χ3n) is 3.20. The van der Waals surface area contributed by atoms with Gasteiger partial charge in [0.25, 0.3) is 0 Å². The predicted molar refractivity (Wildman–Crippen MR) is 91.1 cm³/mol. The summed E-state index contributed by atoms with van der Waals surface area (Å²) < 4.78 is 10.7. The number of rotatable bonds is 6. The zero-order valence-electron chi connectivity index (χ0n) is 12.8. The maximum atomic E-state index is 12.4. The lowest BCUT2D eigenvalue weighted by Crippen LogP contribution is -2.01. The van der Waals surface area contributed by atoms with E-state index in [0.29, 0.717) is 17.1 Å². The Balaban J connectivity index is 2.34. The van der Waals surface area contributed by atoms with E-state index < -0.39 is 0 Å². The first-order valence-electron chi connectivity index (χ1n) is 6.77. The van der Waals surface area contributed by atoms with E-state index in [2.05, 4.69) is 0 Å². The van der Waals surface area contributed by atoms with Crippen molar-refractivity contribution in [1.82, 2.24) is 0 Å². The Kier molecular flexibility index (Phi) is 5.67. The molecule has 4 heteroatoms. The molecule has 0 fully saturated rings. The first kappa shape index (κ1) is 16.2. The zero-order valence-corrected chi connectivity index (χ0v) is 13.6. The Morgan fingerprint density at radius 2 is 1.73 bits per heavy atom. The Morgan fingerprint density at radius 3 is 2.32 bits per heavy atom. The first-order chi connectivity index (χ1) is 10.7. The number of ether oxygens (including phenoxy) is 2. The van der Waals surface area contributed by atoms with E-state index in [1.54, 1.807) is 44.2 Å². The molecule has 0 amide bonds. The van der Waals surface area contributed by atoms with E-state index in [0.717, 1.165) is 10.5 Å². The highest BCUT2D eigenvalue weighted by molar-refractivity contribution is 7.98. The van der Waals surface area contributed by atoms with E-state index >= 15 is 0 Å². The van der Waals surface area contributed by atoms with Crippen LogP contribution in [-0.2, 0) is 0 Å². The summed E-state index contributed by atoms with van der Waals surface area (Å²) in [5, 5.41) is 0. The van der Waals surface area contributed by atoms with Crippen molar-refractivity contribution in [1.29, 1.82) is 0 Å². The average Bonchev–Trinajstić information content (AvgIpc) is 2.59. The van der Waals surface area contributed by atoms with Crippen LogP contribution >= 0.6 is 11.8 Å². The topological polar surface area (TPSA) is 35.5 Å². The van der Waals surface area contributed by atoms with Gasteiger partial charge in [0.05, 0.1) is 24.7 Å². The molecule has 2 aromatic carbocycles. The van der Waals surface area contributed by atoms with Crippen LogP contribution in [0.15, 0.2) is 53.4 Å². The van der Waals surface area contributed by atoms with Crippen LogP contribution in [-0.4, -0.2) is 26.3 Å². The molecule has 0 aliphatic rings. The van der Waals surface area contributed by atoms with Crippen molar-refractivity contribution < 1.29 is 14.3 Å². The number of carbonyl (C=O) groups excluding carboxylic acids is 1. The number of carbonyl (C=O) groups is 1. The van der Waals surface area contributed by atoms with Crippen LogP contribution in [0.2, 0.25) is 0 Å². The van der Waals surface area contributed by atoms with Crippen molar-refractivity contribution in [2.24, 2.45) is 0 Å². The summed E-state index contributed by atoms with van der Waals surface area (Å²) in [6.45, 7) is 0. The van der Waals surface area contributed by atoms with Gasteiger partial charge in [-0.1, -0.05) is 36.4 Å². The Labute approximate surface area is 135 Å². The molecule has 2 rings (SSSR count).